The molecule has 0 spiro atoms. The Labute approximate surface area is 187 Å². The smallest absolute Gasteiger partial charge is 0.333 e. The molecular formula is C23H28BrN3O3. The third-order valence-corrected chi connectivity index (χ3v) is 6.25. The molecule has 3 N–H and O–H groups in total. The van der Waals surface area contributed by atoms with Crippen molar-refractivity contribution < 1.29 is 35.8 Å². The molecule has 1 amide bonds. The number of halogens is 1. The molecule has 0 aliphatic carbocycles. The second-order valence-corrected chi connectivity index (χ2v) is 8.26. The van der Waals surface area contributed by atoms with Crippen molar-refractivity contribution in [1.82, 2.24) is 0 Å². The van der Waals surface area contributed by atoms with Gasteiger partial charge in [0.05, 0.1) is 13.1 Å². The van der Waals surface area contributed by atoms with Crippen LogP contribution in [0.2, 0.25) is 0 Å². The van der Waals surface area contributed by atoms with Gasteiger partial charge >= 0.3 is 5.97 Å². The van der Waals surface area contributed by atoms with Gasteiger partial charge in [0.2, 0.25) is 0 Å². The Morgan fingerprint density at radius 1 is 1.03 bits per heavy atom. The van der Waals surface area contributed by atoms with E-state index in [1.165, 1.54) is 0 Å². The summed E-state index contributed by atoms with van der Waals surface area (Å²) in [6.45, 7) is 2.87. The lowest BCUT2D eigenvalue weighted by Crippen LogP contribution is -3.00. The Hall–Kier alpha value is -2.38. The maximum Gasteiger partial charge on any atom is 0.333 e. The van der Waals surface area contributed by atoms with Crippen LogP contribution in [0.15, 0.2) is 60.7 Å². The zero-order valence-electron chi connectivity index (χ0n) is 16.9. The molecule has 30 heavy (non-hydrogen) atoms. The van der Waals surface area contributed by atoms with E-state index in [9.17, 15) is 9.59 Å². The van der Waals surface area contributed by atoms with Crippen LogP contribution in [-0.4, -0.2) is 48.6 Å². The lowest BCUT2D eigenvalue weighted by atomic mass is 9.83. The Balaban J connectivity index is 0.00000256. The van der Waals surface area contributed by atoms with E-state index in [-0.39, 0.29) is 35.0 Å². The molecule has 7 heteroatoms. The number of ether oxygens (including phenoxy) is 1. The Morgan fingerprint density at radius 2 is 1.63 bits per heavy atom. The Morgan fingerprint density at radius 3 is 2.23 bits per heavy atom. The zero-order chi connectivity index (χ0) is 20.3. The summed E-state index contributed by atoms with van der Waals surface area (Å²) in [6, 6.07) is 18.7. The van der Waals surface area contributed by atoms with E-state index in [2.05, 4.69) is 5.32 Å². The molecule has 3 aliphatic rings. The minimum Gasteiger partial charge on any atom is -1.00 e. The van der Waals surface area contributed by atoms with Crippen molar-refractivity contribution in [1.29, 1.82) is 0 Å². The number of carbonyl (C=O) groups excluding carboxylic acids is 2. The summed E-state index contributed by atoms with van der Waals surface area (Å²) >= 11 is 0. The number of para-hydroxylation sites is 1. The van der Waals surface area contributed by atoms with Gasteiger partial charge in [-0.25, -0.2) is 4.79 Å². The lowest BCUT2D eigenvalue weighted by molar-refractivity contribution is -0.939. The van der Waals surface area contributed by atoms with Crippen LogP contribution in [0.1, 0.15) is 24.4 Å². The first-order chi connectivity index (χ1) is 14.0. The number of nitrogens with one attached hydrogen (secondary N) is 1. The fourth-order valence-electron chi connectivity index (χ4n) is 4.75. The molecule has 3 fully saturated rings. The van der Waals surface area contributed by atoms with E-state index in [1.54, 1.807) is 0 Å². The van der Waals surface area contributed by atoms with Gasteiger partial charge in [0, 0.05) is 24.4 Å². The fraction of sp³-hybridized carbons (Fsp3) is 0.391. The third kappa shape index (κ3) is 5.02. The number of anilines is 1. The molecule has 3 heterocycles. The molecule has 2 aromatic carbocycles. The van der Waals surface area contributed by atoms with Crippen molar-refractivity contribution in [2.24, 2.45) is 11.7 Å². The number of fused-ring (bicyclic) bond motifs is 3. The number of carbonyl (C=O) groups is 2. The summed E-state index contributed by atoms with van der Waals surface area (Å²) in [6.07, 6.45) is 1.76. The Kier molecular flexibility index (Phi) is 7.15. The number of amides is 1. The van der Waals surface area contributed by atoms with E-state index in [1.807, 2.05) is 60.7 Å². The highest BCUT2D eigenvalue weighted by Gasteiger charge is 2.48. The van der Waals surface area contributed by atoms with E-state index in [0.717, 1.165) is 37.2 Å². The number of nitrogens with zero attached hydrogens (tertiary/aromatic N) is 1. The SMILES string of the molecule is NC(=O)C[N+]12CCC(CC1)[C@@H](OC(=O)[C@H](Nc1ccccc1)c1ccccc1)C2.[Br-]. The first-order valence-corrected chi connectivity index (χ1v) is 10.3. The summed E-state index contributed by atoms with van der Waals surface area (Å²) < 4.78 is 6.70. The minimum absolute atomic E-state index is 0. The monoisotopic (exact) mass is 473 g/mol. The topological polar surface area (TPSA) is 81.4 Å². The molecule has 3 aliphatic heterocycles. The number of rotatable bonds is 7. The van der Waals surface area contributed by atoms with Crippen molar-refractivity contribution in [3.63, 3.8) is 0 Å². The second kappa shape index (κ2) is 9.62. The number of benzene rings is 2. The molecule has 0 radical (unpaired) electrons. The first kappa shape index (κ1) is 22.3. The van der Waals surface area contributed by atoms with Crippen molar-refractivity contribution in [3.8, 4) is 0 Å². The number of primary amides is 1. The number of hydrogen-bond acceptors (Lipinski definition) is 4. The molecular weight excluding hydrogens is 446 g/mol. The van der Waals surface area contributed by atoms with Crippen LogP contribution in [0.5, 0.6) is 0 Å². The quantitative estimate of drug-likeness (QED) is 0.418. The molecule has 5 rings (SSSR count). The van der Waals surface area contributed by atoms with Gasteiger partial charge in [-0.3, -0.25) is 4.79 Å². The molecule has 2 atom stereocenters. The van der Waals surface area contributed by atoms with Gasteiger partial charge in [0.1, 0.15) is 6.54 Å². The lowest BCUT2D eigenvalue weighted by Gasteiger charge is -2.51. The molecule has 6 nitrogen and oxygen atoms in total. The van der Waals surface area contributed by atoms with Crippen molar-refractivity contribution >= 4 is 17.6 Å². The second-order valence-electron chi connectivity index (χ2n) is 8.26. The van der Waals surface area contributed by atoms with E-state index in [0.29, 0.717) is 23.5 Å². The largest absolute Gasteiger partial charge is 1.00 e. The number of nitrogens with two attached hydrogens (primary N) is 1. The molecule has 0 aromatic heterocycles. The molecule has 0 unspecified atom stereocenters. The summed E-state index contributed by atoms with van der Waals surface area (Å²) in [4.78, 5) is 24.8. The standard InChI is InChI=1S/C23H27N3O3.BrH/c24-21(27)16-26-13-11-17(12-14-26)20(15-26)29-23(28)22(18-7-3-1-4-8-18)25-19-9-5-2-6-10-19;/h1-10,17,20,22,25H,11-16H2,(H-,24,27);1H/t17?,20-,22+,26?;/m0./s1. The number of esters is 1. The van der Waals surface area contributed by atoms with Crippen LogP contribution in [0.25, 0.3) is 0 Å². The van der Waals surface area contributed by atoms with E-state index in [4.69, 9.17) is 10.5 Å². The molecule has 3 saturated heterocycles. The van der Waals surface area contributed by atoms with Crippen molar-refractivity contribution in [2.75, 3.05) is 31.5 Å². The normalized spacial score (nSPS) is 25.6. The van der Waals surface area contributed by atoms with Crippen LogP contribution >= 0.6 is 0 Å². The average Bonchev–Trinajstić information content (AvgIpc) is 2.73. The summed E-state index contributed by atoms with van der Waals surface area (Å²) in [5, 5.41) is 3.32. The van der Waals surface area contributed by atoms with Crippen LogP contribution < -0.4 is 28.0 Å². The van der Waals surface area contributed by atoms with Gasteiger partial charge in [-0.15, -0.1) is 0 Å². The van der Waals surface area contributed by atoms with Crippen molar-refractivity contribution in [2.45, 2.75) is 25.0 Å². The van der Waals surface area contributed by atoms with Crippen LogP contribution in [0.3, 0.4) is 0 Å². The van der Waals surface area contributed by atoms with Crippen molar-refractivity contribution in [3.05, 3.63) is 66.2 Å². The van der Waals surface area contributed by atoms with E-state index >= 15 is 0 Å². The predicted octanol–water partition coefficient (Wildman–Crippen LogP) is -0.519. The van der Waals surface area contributed by atoms with Gasteiger partial charge in [-0.2, -0.15) is 0 Å². The number of hydrogen-bond donors (Lipinski definition) is 2. The van der Waals surface area contributed by atoms with Gasteiger partial charge in [-0.05, 0) is 17.7 Å². The van der Waals surface area contributed by atoms with Crippen LogP contribution in [-0.2, 0) is 14.3 Å². The van der Waals surface area contributed by atoms with Crippen LogP contribution in [0.4, 0.5) is 5.69 Å². The fourth-order valence-corrected chi connectivity index (χ4v) is 4.75. The highest BCUT2D eigenvalue weighted by molar-refractivity contribution is 5.81. The summed E-state index contributed by atoms with van der Waals surface area (Å²) in [5.74, 6) is -0.209. The molecule has 0 saturated carbocycles. The number of piperidine rings is 3. The average molecular weight is 474 g/mol. The van der Waals surface area contributed by atoms with E-state index < -0.39 is 6.04 Å². The third-order valence-electron chi connectivity index (χ3n) is 6.25. The highest BCUT2D eigenvalue weighted by Crippen LogP contribution is 2.36. The maximum absolute atomic E-state index is 13.2. The first-order valence-electron chi connectivity index (χ1n) is 10.3. The van der Waals surface area contributed by atoms with Gasteiger partial charge in [-0.1, -0.05) is 48.5 Å². The van der Waals surface area contributed by atoms with Gasteiger partial charge in [0.25, 0.3) is 5.91 Å². The van der Waals surface area contributed by atoms with Crippen LogP contribution in [0, 0.1) is 5.92 Å². The van der Waals surface area contributed by atoms with Gasteiger partial charge in [0.15, 0.2) is 18.7 Å². The molecule has 2 aromatic rings. The highest BCUT2D eigenvalue weighted by atomic mass is 79.9. The Bertz CT molecular complexity index is 855. The minimum atomic E-state index is -0.585. The molecule has 2 bridgehead atoms. The van der Waals surface area contributed by atoms with Gasteiger partial charge < -0.3 is 37.3 Å². The maximum atomic E-state index is 13.2. The predicted molar refractivity (Wildman–Crippen MR) is 111 cm³/mol. The summed E-state index contributed by atoms with van der Waals surface area (Å²) in [5.41, 5.74) is 7.22. The number of quaternary nitrogens is 1. The zero-order valence-corrected chi connectivity index (χ0v) is 18.5. The molecule has 160 valence electrons. The summed E-state index contributed by atoms with van der Waals surface area (Å²) in [7, 11) is 0.